The minimum atomic E-state index is 0.0276. The van der Waals surface area contributed by atoms with E-state index in [4.69, 9.17) is 15.4 Å². The van der Waals surface area contributed by atoms with Gasteiger partial charge in [0.15, 0.2) is 0 Å². The molecule has 94 valence electrons. The maximum Gasteiger partial charge on any atom is 0.122 e. The van der Waals surface area contributed by atoms with Gasteiger partial charge in [0.1, 0.15) is 5.76 Å². The molecule has 0 saturated carbocycles. The molecule has 0 fully saturated rings. The van der Waals surface area contributed by atoms with Crippen LogP contribution in [0.25, 0.3) is 0 Å². The Balaban J connectivity index is 2.85. The number of hydrogen-bond acceptors (Lipinski definition) is 4. The maximum absolute atomic E-state index is 8.69. The molecule has 0 bridgehead atoms. The number of nitrogens with two attached hydrogens (primary N) is 1. The van der Waals surface area contributed by atoms with Crippen molar-refractivity contribution in [2.24, 2.45) is 5.73 Å². The summed E-state index contributed by atoms with van der Waals surface area (Å²) >= 11 is 0. The molecular weight excluding hydrogens is 214 g/mol. The van der Waals surface area contributed by atoms with E-state index in [0.29, 0.717) is 6.42 Å². The fraction of sp³-hybridized carbons (Fsp3) is 0.615. The fourth-order valence-corrected chi connectivity index (χ4v) is 2.03. The van der Waals surface area contributed by atoms with Crippen LogP contribution in [0.15, 0.2) is 22.8 Å². The zero-order chi connectivity index (χ0) is 12.7. The lowest BCUT2D eigenvalue weighted by atomic mass is 10.0. The Kier molecular flexibility index (Phi) is 5.75. The van der Waals surface area contributed by atoms with Crippen LogP contribution < -0.4 is 5.73 Å². The van der Waals surface area contributed by atoms with Gasteiger partial charge < -0.3 is 10.2 Å². The number of nitrogens with zero attached hydrogens (tertiary/aromatic N) is 2. The second-order valence-electron chi connectivity index (χ2n) is 4.07. The summed E-state index contributed by atoms with van der Waals surface area (Å²) < 4.78 is 5.48. The lowest BCUT2D eigenvalue weighted by Gasteiger charge is -2.32. The normalized spacial score (nSPS) is 14.5. The first kappa shape index (κ1) is 13.8. The first-order chi connectivity index (χ1) is 8.24. The molecule has 4 nitrogen and oxygen atoms in total. The molecule has 0 aliphatic heterocycles. The van der Waals surface area contributed by atoms with E-state index in [2.05, 4.69) is 24.8 Å². The van der Waals surface area contributed by atoms with Crippen LogP contribution in [-0.4, -0.2) is 24.0 Å². The summed E-state index contributed by atoms with van der Waals surface area (Å²) in [5.74, 6) is 0.888. The molecule has 0 aromatic carbocycles. The first-order valence-electron chi connectivity index (χ1n) is 6.14. The predicted molar refractivity (Wildman–Crippen MR) is 67.2 cm³/mol. The first-order valence-corrected chi connectivity index (χ1v) is 6.14. The van der Waals surface area contributed by atoms with E-state index in [1.807, 2.05) is 12.1 Å². The average molecular weight is 235 g/mol. The number of rotatable bonds is 7. The minimum absolute atomic E-state index is 0.0276. The van der Waals surface area contributed by atoms with Crippen LogP contribution in [0.3, 0.4) is 0 Å². The minimum Gasteiger partial charge on any atom is -0.468 e. The van der Waals surface area contributed by atoms with Gasteiger partial charge in [-0.3, -0.25) is 4.90 Å². The van der Waals surface area contributed by atoms with Crippen molar-refractivity contribution in [2.75, 3.05) is 13.1 Å². The molecule has 0 amide bonds. The van der Waals surface area contributed by atoms with E-state index >= 15 is 0 Å². The summed E-state index contributed by atoms with van der Waals surface area (Å²) in [6.07, 6.45) is 3.07. The number of nitriles is 1. The van der Waals surface area contributed by atoms with Crippen molar-refractivity contribution < 1.29 is 4.42 Å². The third kappa shape index (κ3) is 3.58. The summed E-state index contributed by atoms with van der Waals surface area (Å²) in [6.45, 7) is 5.74. The quantitative estimate of drug-likeness (QED) is 0.787. The third-order valence-corrected chi connectivity index (χ3v) is 3.02. The lowest BCUT2D eigenvalue weighted by Crippen LogP contribution is -2.41. The van der Waals surface area contributed by atoms with Gasteiger partial charge in [0.25, 0.3) is 0 Å². The van der Waals surface area contributed by atoms with Crippen molar-refractivity contribution in [1.82, 2.24) is 4.90 Å². The SMILES string of the molecule is CCC(N)C(c1ccco1)N(CC)CCC#N. The van der Waals surface area contributed by atoms with Crippen molar-refractivity contribution in [1.29, 1.82) is 5.26 Å². The van der Waals surface area contributed by atoms with Crippen LogP contribution in [0.4, 0.5) is 0 Å². The Morgan fingerprint density at radius 3 is 2.76 bits per heavy atom. The molecule has 2 atom stereocenters. The molecule has 1 heterocycles. The van der Waals surface area contributed by atoms with Gasteiger partial charge in [0.2, 0.25) is 0 Å². The average Bonchev–Trinajstić information content (AvgIpc) is 2.87. The van der Waals surface area contributed by atoms with Crippen molar-refractivity contribution in [3.8, 4) is 6.07 Å². The Morgan fingerprint density at radius 2 is 2.29 bits per heavy atom. The van der Waals surface area contributed by atoms with Crippen LogP contribution >= 0.6 is 0 Å². The molecule has 0 spiro atoms. The Bertz CT molecular complexity index is 342. The van der Waals surface area contributed by atoms with Gasteiger partial charge in [-0.1, -0.05) is 13.8 Å². The summed E-state index contributed by atoms with van der Waals surface area (Å²) in [4.78, 5) is 2.20. The van der Waals surface area contributed by atoms with Crippen molar-refractivity contribution in [3.63, 3.8) is 0 Å². The molecule has 1 aromatic heterocycles. The Hall–Kier alpha value is -1.31. The maximum atomic E-state index is 8.69. The summed E-state index contributed by atoms with van der Waals surface area (Å²) in [5, 5.41) is 8.69. The van der Waals surface area contributed by atoms with Gasteiger partial charge in [-0.2, -0.15) is 5.26 Å². The standard InChI is InChI=1S/C13H21N3O/c1-3-11(15)13(12-7-5-10-17-12)16(4-2)9-6-8-14/h5,7,10-11,13H,3-4,6,9,15H2,1-2H3. The highest BCUT2D eigenvalue weighted by Gasteiger charge is 2.26. The van der Waals surface area contributed by atoms with Crippen LogP contribution in [0.2, 0.25) is 0 Å². The molecule has 4 heteroatoms. The molecule has 2 unspecified atom stereocenters. The van der Waals surface area contributed by atoms with E-state index in [1.165, 1.54) is 0 Å². The van der Waals surface area contributed by atoms with Gasteiger partial charge >= 0.3 is 0 Å². The van der Waals surface area contributed by atoms with E-state index in [-0.39, 0.29) is 12.1 Å². The van der Waals surface area contributed by atoms with E-state index in [1.54, 1.807) is 6.26 Å². The largest absolute Gasteiger partial charge is 0.468 e. The van der Waals surface area contributed by atoms with Gasteiger partial charge in [-0.25, -0.2) is 0 Å². The molecule has 0 aliphatic rings. The lowest BCUT2D eigenvalue weighted by molar-refractivity contribution is 0.158. The molecule has 1 rings (SSSR count). The molecule has 17 heavy (non-hydrogen) atoms. The Labute approximate surface area is 103 Å². The highest BCUT2D eigenvalue weighted by atomic mass is 16.3. The van der Waals surface area contributed by atoms with Crippen LogP contribution in [-0.2, 0) is 0 Å². The molecule has 0 aliphatic carbocycles. The number of likely N-dealkylation sites (N-methyl/N-ethyl adjacent to an activating group) is 1. The fourth-order valence-electron chi connectivity index (χ4n) is 2.03. The monoisotopic (exact) mass is 235 g/mol. The van der Waals surface area contributed by atoms with Crippen molar-refractivity contribution in [3.05, 3.63) is 24.2 Å². The number of furan rings is 1. The molecule has 2 N–H and O–H groups in total. The second-order valence-corrected chi connectivity index (χ2v) is 4.07. The zero-order valence-electron chi connectivity index (χ0n) is 10.6. The van der Waals surface area contributed by atoms with E-state index in [0.717, 1.165) is 25.3 Å². The topological polar surface area (TPSA) is 66.2 Å². The summed E-state index contributed by atoms with van der Waals surface area (Å²) in [7, 11) is 0. The van der Waals surface area contributed by atoms with Gasteiger partial charge in [0, 0.05) is 19.0 Å². The van der Waals surface area contributed by atoms with E-state index in [9.17, 15) is 0 Å². The molecule has 1 aromatic rings. The summed E-state index contributed by atoms with van der Waals surface area (Å²) in [5.41, 5.74) is 6.17. The Morgan fingerprint density at radius 1 is 1.53 bits per heavy atom. The highest BCUT2D eigenvalue weighted by Crippen LogP contribution is 2.25. The van der Waals surface area contributed by atoms with E-state index < -0.39 is 0 Å². The molecule has 0 radical (unpaired) electrons. The van der Waals surface area contributed by atoms with Crippen molar-refractivity contribution >= 4 is 0 Å². The van der Waals surface area contributed by atoms with Crippen molar-refractivity contribution in [2.45, 2.75) is 38.8 Å². The van der Waals surface area contributed by atoms with Crippen LogP contribution in [0.5, 0.6) is 0 Å². The van der Waals surface area contributed by atoms with Gasteiger partial charge in [0.05, 0.1) is 18.4 Å². The van der Waals surface area contributed by atoms with Gasteiger partial charge in [-0.15, -0.1) is 0 Å². The molecular formula is C13H21N3O. The van der Waals surface area contributed by atoms with Crippen LogP contribution in [0, 0.1) is 11.3 Å². The zero-order valence-corrected chi connectivity index (χ0v) is 10.6. The third-order valence-electron chi connectivity index (χ3n) is 3.02. The summed E-state index contributed by atoms with van der Waals surface area (Å²) in [6, 6.07) is 6.10. The second kappa shape index (κ2) is 7.10. The van der Waals surface area contributed by atoms with Crippen LogP contribution in [0.1, 0.15) is 38.5 Å². The highest BCUT2D eigenvalue weighted by molar-refractivity contribution is 5.08. The number of hydrogen-bond donors (Lipinski definition) is 1. The van der Waals surface area contributed by atoms with Gasteiger partial charge in [-0.05, 0) is 25.1 Å². The molecule has 0 saturated heterocycles. The smallest absolute Gasteiger partial charge is 0.122 e. The predicted octanol–water partition coefficient (Wildman–Crippen LogP) is 2.29.